The van der Waals surface area contributed by atoms with Crippen LogP contribution in [0.4, 0.5) is 5.69 Å². The summed E-state index contributed by atoms with van der Waals surface area (Å²) in [4.78, 5) is 13.2. The first-order valence-electron chi connectivity index (χ1n) is 5.36. The number of nitrogens with zero attached hydrogens (tertiary/aromatic N) is 2. The first-order valence-corrected chi connectivity index (χ1v) is 6.15. The minimum Gasteiger partial charge on any atom is -0.370 e. The van der Waals surface area contributed by atoms with E-state index in [1.165, 1.54) is 0 Å². The molecule has 88 valence electrons. The van der Waals surface area contributed by atoms with Crippen molar-refractivity contribution in [3.05, 3.63) is 28.2 Å². The molecule has 0 saturated carbocycles. The second kappa shape index (κ2) is 4.76. The summed E-state index contributed by atoms with van der Waals surface area (Å²) >= 11 is 3.36. The Morgan fingerprint density at radius 2 is 2.35 bits per heavy atom. The molecule has 2 rings (SSSR count). The van der Waals surface area contributed by atoms with Gasteiger partial charge in [-0.3, -0.25) is 4.79 Å². The Morgan fingerprint density at radius 1 is 1.59 bits per heavy atom. The van der Waals surface area contributed by atoms with Crippen LogP contribution in [0.3, 0.4) is 0 Å². The first kappa shape index (κ1) is 11.9. The fraction of sp³-hybridized carbons (Fsp3) is 0.333. The van der Waals surface area contributed by atoms with Gasteiger partial charge in [0.25, 0.3) is 0 Å². The van der Waals surface area contributed by atoms with Crippen molar-refractivity contribution in [2.24, 2.45) is 11.7 Å². The van der Waals surface area contributed by atoms with E-state index in [9.17, 15) is 4.79 Å². The maximum absolute atomic E-state index is 11.1. The molecule has 1 aromatic rings. The minimum absolute atomic E-state index is 0.111. The zero-order valence-corrected chi connectivity index (χ0v) is 10.8. The van der Waals surface area contributed by atoms with Gasteiger partial charge in [0.2, 0.25) is 5.91 Å². The molecule has 1 aliphatic rings. The summed E-state index contributed by atoms with van der Waals surface area (Å²) in [5.41, 5.74) is 6.77. The molecule has 0 bridgehead atoms. The van der Waals surface area contributed by atoms with Gasteiger partial charge in [0.15, 0.2) is 0 Å². The Labute approximate surface area is 108 Å². The summed E-state index contributed by atoms with van der Waals surface area (Å²) in [6, 6.07) is 7.80. The molecule has 0 aliphatic carbocycles. The summed E-state index contributed by atoms with van der Waals surface area (Å²) in [5, 5.41) is 9.14. The highest BCUT2D eigenvalue weighted by molar-refractivity contribution is 9.10. The quantitative estimate of drug-likeness (QED) is 0.901. The Balaban J connectivity index is 2.28. The summed E-state index contributed by atoms with van der Waals surface area (Å²) < 4.78 is 0.778. The van der Waals surface area contributed by atoms with Crippen LogP contribution in [0.2, 0.25) is 0 Å². The number of carbonyl (C=O) groups excluding carboxylic acids is 1. The highest BCUT2D eigenvalue weighted by atomic mass is 79.9. The zero-order chi connectivity index (χ0) is 12.4. The van der Waals surface area contributed by atoms with Crippen LogP contribution in [-0.4, -0.2) is 19.0 Å². The van der Waals surface area contributed by atoms with Gasteiger partial charge in [0.1, 0.15) is 6.07 Å². The predicted octanol–water partition coefficient (Wildman–Crippen LogP) is 1.63. The normalized spacial score (nSPS) is 19.1. The molecule has 4 nitrogen and oxygen atoms in total. The maximum atomic E-state index is 11.1. The number of nitrogens with two attached hydrogens (primary N) is 1. The third kappa shape index (κ3) is 2.27. The number of primary amides is 1. The van der Waals surface area contributed by atoms with Crippen LogP contribution >= 0.6 is 15.9 Å². The van der Waals surface area contributed by atoms with Crippen molar-refractivity contribution in [2.45, 2.75) is 6.42 Å². The number of halogens is 1. The fourth-order valence-corrected chi connectivity index (χ4v) is 2.54. The van der Waals surface area contributed by atoms with Crippen molar-refractivity contribution in [2.75, 3.05) is 18.0 Å². The lowest BCUT2D eigenvalue weighted by atomic mass is 10.1. The van der Waals surface area contributed by atoms with Gasteiger partial charge in [-0.1, -0.05) is 6.07 Å². The molecule has 0 spiro atoms. The molecular weight excluding hydrogens is 282 g/mol. The molecular formula is C12H12BrN3O. The monoisotopic (exact) mass is 293 g/mol. The maximum Gasteiger partial charge on any atom is 0.222 e. The second-order valence-electron chi connectivity index (χ2n) is 4.08. The third-order valence-corrected chi connectivity index (χ3v) is 3.70. The van der Waals surface area contributed by atoms with Gasteiger partial charge in [-0.2, -0.15) is 5.26 Å². The topological polar surface area (TPSA) is 70.1 Å². The highest BCUT2D eigenvalue weighted by Crippen LogP contribution is 2.30. The molecule has 1 amide bonds. The number of carbonyl (C=O) groups is 1. The third-order valence-electron chi connectivity index (χ3n) is 3.03. The summed E-state index contributed by atoms with van der Waals surface area (Å²) in [7, 11) is 0. The lowest BCUT2D eigenvalue weighted by molar-refractivity contribution is -0.121. The standard InChI is InChI=1S/C12H12BrN3O/c13-10-2-1-3-11(9(10)6-14)16-5-4-8(7-16)12(15)17/h1-3,8H,4-5,7H2,(H2,15,17). The largest absolute Gasteiger partial charge is 0.370 e. The van der Waals surface area contributed by atoms with E-state index in [1.54, 1.807) is 0 Å². The molecule has 2 N–H and O–H groups in total. The number of rotatable bonds is 2. The van der Waals surface area contributed by atoms with Crippen LogP contribution in [0.25, 0.3) is 0 Å². The first-order chi connectivity index (χ1) is 8.13. The minimum atomic E-state index is -0.263. The Hall–Kier alpha value is -1.54. The van der Waals surface area contributed by atoms with E-state index in [1.807, 2.05) is 23.1 Å². The van der Waals surface area contributed by atoms with Gasteiger partial charge >= 0.3 is 0 Å². The van der Waals surface area contributed by atoms with E-state index >= 15 is 0 Å². The lowest BCUT2D eigenvalue weighted by Gasteiger charge is -2.20. The average Bonchev–Trinajstić information content (AvgIpc) is 2.77. The van der Waals surface area contributed by atoms with Crippen molar-refractivity contribution >= 4 is 27.5 Å². The summed E-state index contributed by atoms with van der Waals surface area (Å²) in [6.45, 7) is 1.36. The van der Waals surface area contributed by atoms with Crippen LogP contribution in [0.1, 0.15) is 12.0 Å². The second-order valence-corrected chi connectivity index (χ2v) is 4.93. The van der Waals surface area contributed by atoms with Crippen LogP contribution in [0.5, 0.6) is 0 Å². The molecule has 0 radical (unpaired) electrons. The molecule has 17 heavy (non-hydrogen) atoms. The SMILES string of the molecule is N#Cc1c(Br)cccc1N1CCC(C(N)=O)C1. The van der Waals surface area contributed by atoms with Crippen molar-refractivity contribution < 1.29 is 4.79 Å². The van der Waals surface area contributed by atoms with E-state index in [4.69, 9.17) is 11.0 Å². The van der Waals surface area contributed by atoms with Gasteiger partial charge in [-0.05, 0) is 34.5 Å². The molecule has 1 fully saturated rings. The van der Waals surface area contributed by atoms with E-state index < -0.39 is 0 Å². The highest BCUT2D eigenvalue weighted by Gasteiger charge is 2.28. The summed E-state index contributed by atoms with van der Waals surface area (Å²) in [5.74, 6) is -0.374. The predicted molar refractivity (Wildman–Crippen MR) is 68.4 cm³/mol. The van der Waals surface area contributed by atoms with Gasteiger partial charge in [-0.25, -0.2) is 0 Å². The van der Waals surface area contributed by atoms with Crippen LogP contribution < -0.4 is 10.6 Å². The lowest BCUT2D eigenvalue weighted by Crippen LogP contribution is -2.27. The summed E-state index contributed by atoms with van der Waals surface area (Å²) in [6.07, 6.45) is 0.757. The van der Waals surface area contributed by atoms with E-state index in [0.29, 0.717) is 12.1 Å². The van der Waals surface area contributed by atoms with E-state index in [-0.39, 0.29) is 11.8 Å². The molecule has 1 aliphatic heterocycles. The molecule has 5 heteroatoms. The molecule has 1 heterocycles. The molecule has 1 saturated heterocycles. The Bertz CT molecular complexity index is 495. The van der Waals surface area contributed by atoms with Gasteiger partial charge in [0.05, 0.1) is 17.2 Å². The molecule has 1 unspecified atom stereocenters. The van der Waals surface area contributed by atoms with Crippen LogP contribution in [0, 0.1) is 17.2 Å². The molecule has 0 aromatic heterocycles. The van der Waals surface area contributed by atoms with Gasteiger partial charge in [0, 0.05) is 17.6 Å². The number of hydrogen-bond acceptors (Lipinski definition) is 3. The van der Waals surface area contributed by atoms with Crippen LogP contribution in [0.15, 0.2) is 22.7 Å². The Kier molecular flexibility index (Phi) is 3.34. The Morgan fingerprint density at radius 3 is 2.94 bits per heavy atom. The fourth-order valence-electron chi connectivity index (χ4n) is 2.10. The zero-order valence-electron chi connectivity index (χ0n) is 9.19. The van der Waals surface area contributed by atoms with E-state index in [0.717, 1.165) is 23.1 Å². The van der Waals surface area contributed by atoms with Gasteiger partial charge in [-0.15, -0.1) is 0 Å². The number of hydrogen-bond donors (Lipinski definition) is 1. The number of anilines is 1. The molecule has 1 atom stereocenters. The number of benzene rings is 1. The number of amides is 1. The molecule has 1 aromatic carbocycles. The van der Waals surface area contributed by atoms with Crippen molar-refractivity contribution in [3.63, 3.8) is 0 Å². The van der Waals surface area contributed by atoms with Crippen molar-refractivity contribution in [3.8, 4) is 6.07 Å². The van der Waals surface area contributed by atoms with Crippen molar-refractivity contribution in [1.82, 2.24) is 0 Å². The van der Waals surface area contributed by atoms with E-state index in [2.05, 4.69) is 22.0 Å². The number of nitriles is 1. The smallest absolute Gasteiger partial charge is 0.222 e. The van der Waals surface area contributed by atoms with Crippen molar-refractivity contribution in [1.29, 1.82) is 5.26 Å². The van der Waals surface area contributed by atoms with Gasteiger partial charge < -0.3 is 10.6 Å². The average molecular weight is 294 g/mol. The van der Waals surface area contributed by atoms with Crippen LogP contribution in [-0.2, 0) is 4.79 Å².